The first-order chi connectivity index (χ1) is 9.92. The average molecular weight is 260 g/mol. The van der Waals surface area contributed by atoms with Crippen LogP contribution in [0.5, 0.6) is 0 Å². The number of nitrogens with one attached hydrogen (secondary N) is 1. The highest BCUT2D eigenvalue weighted by Gasteiger charge is 2.06. The molecule has 1 radical (unpaired) electrons. The lowest BCUT2D eigenvalue weighted by atomic mass is 10.2. The third-order valence-corrected chi connectivity index (χ3v) is 3.20. The summed E-state index contributed by atoms with van der Waals surface area (Å²) >= 11 is 0. The maximum atomic E-state index is 4.38. The molecule has 4 rings (SSSR count). The van der Waals surface area contributed by atoms with Crippen LogP contribution < -0.4 is 0 Å². The van der Waals surface area contributed by atoms with E-state index in [1.807, 2.05) is 41.1 Å². The lowest BCUT2D eigenvalue weighted by Crippen LogP contribution is -1.94. The number of rotatable bonds is 2. The van der Waals surface area contributed by atoms with Crippen LogP contribution in [-0.2, 0) is 0 Å². The predicted molar refractivity (Wildman–Crippen MR) is 75.3 cm³/mol. The van der Waals surface area contributed by atoms with Crippen LogP contribution in [0.15, 0.2) is 55.1 Å². The minimum atomic E-state index is 0.754. The van der Waals surface area contributed by atoms with Crippen LogP contribution in [0.3, 0.4) is 0 Å². The van der Waals surface area contributed by atoms with Crippen molar-refractivity contribution < 1.29 is 0 Å². The van der Waals surface area contributed by atoms with Gasteiger partial charge < -0.3 is 9.55 Å². The molecule has 0 aliphatic rings. The van der Waals surface area contributed by atoms with Gasteiger partial charge >= 0.3 is 0 Å². The standard InChI is InChI=1S/C15H10N5/c1-3-12(14-17-10-18-19-14)9-13(5-1)20-8-6-11-4-2-7-16-15(11)20/h1,3-10H,(H,17,18,19). The van der Waals surface area contributed by atoms with E-state index in [2.05, 4.69) is 32.3 Å². The molecule has 3 aromatic heterocycles. The summed E-state index contributed by atoms with van der Waals surface area (Å²) in [6, 6.07) is 15.0. The number of H-pyrrole nitrogens is 1. The van der Waals surface area contributed by atoms with Crippen LogP contribution in [0.4, 0.5) is 0 Å². The monoisotopic (exact) mass is 260 g/mol. The molecular weight excluding hydrogens is 250 g/mol. The summed E-state index contributed by atoms with van der Waals surface area (Å²) in [4.78, 5) is 7.39. The molecule has 5 nitrogen and oxygen atoms in total. The van der Waals surface area contributed by atoms with Crippen molar-refractivity contribution in [2.24, 2.45) is 0 Å². The zero-order valence-electron chi connectivity index (χ0n) is 10.5. The van der Waals surface area contributed by atoms with E-state index < -0.39 is 0 Å². The minimum Gasteiger partial charge on any atom is -0.328 e. The van der Waals surface area contributed by atoms with Crippen LogP contribution in [0.2, 0.25) is 0 Å². The van der Waals surface area contributed by atoms with Crippen molar-refractivity contribution in [3.63, 3.8) is 0 Å². The average Bonchev–Trinajstić information content (AvgIpc) is 3.17. The van der Waals surface area contributed by atoms with Crippen molar-refractivity contribution >= 4 is 11.0 Å². The quantitative estimate of drug-likeness (QED) is 0.602. The number of nitrogens with zero attached hydrogens (tertiary/aromatic N) is 4. The molecule has 0 atom stereocenters. The first-order valence-electron chi connectivity index (χ1n) is 6.22. The molecular formula is C15H10N5. The normalized spacial score (nSPS) is 11.0. The second-order valence-electron chi connectivity index (χ2n) is 4.42. The van der Waals surface area contributed by atoms with E-state index in [9.17, 15) is 0 Å². The van der Waals surface area contributed by atoms with Gasteiger partial charge in [0.2, 0.25) is 0 Å². The summed E-state index contributed by atoms with van der Waals surface area (Å²) in [5.74, 6) is 0.754. The summed E-state index contributed by atoms with van der Waals surface area (Å²) in [6.45, 7) is 0. The summed E-state index contributed by atoms with van der Waals surface area (Å²) < 4.78 is 2.04. The molecule has 0 amide bonds. The van der Waals surface area contributed by atoms with Gasteiger partial charge in [0.05, 0.1) is 0 Å². The smallest absolute Gasteiger partial charge is 0.161 e. The largest absolute Gasteiger partial charge is 0.328 e. The Bertz CT molecular complexity index is 861. The maximum Gasteiger partial charge on any atom is 0.161 e. The highest BCUT2D eigenvalue weighted by molar-refractivity contribution is 5.78. The van der Waals surface area contributed by atoms with Crippen molar-refractivity contribution in [2.45, 2.75) is 0 Å². The molecule has 1 aromatic carbocycles. The number of benzene rings is 1. The third kappa shape index (κ3) is 1.68. The molecule has 5 heteroatoms. The van der Waals surface area contributed by atoms with Gasteiger partial charge in [0, 0.05) is 35.1 Å². The molecule has 0 bridgehead atoms. The predicted octanol–water partition coefficient (Wildman–Crippen LogP) is 2.61. The highest BCUT2D eigenvalue weighted by Crippen LogP contribution is 2.22. The Labute approximate surface area is 114 Å². The van der Waals surface area contributed by atoms with E-state index in [1.165, 1.54) is 0 Å². The van der Waals surface area contributed by atoms with Crippen molar-refractivity contribution in [1.82, 2.24) is 24.7 Å². The van der Waals surface area contributed by atoms with Gasteiger partial charge in [0.25, 0.3) is 0 Å². The van der Waals surface area contributed by atoms with E-state index in [4.69, 9.17) is 0 Å². The van der Waals surface area contributed by atoms with Crippen molar-refractivity contribution in [3.05, 3.63) is 61.2 Å². The fraction of sp³-hybridized carbons (Fsp3) is 0. The summed E-state index contributed by atoms with van der Waals surface area (Å²) in [6.07, 6.45) is 5.26. The molecule has 0 saturated heterocycles. The number of hydrogen-bond acceptors (Lipinski definition) is 3. The van der Waals surface area contributed by atoms with Gasteiger partial charge in [0.15, 0.2) is 5.82 Å². The van der Waals surface area contributed by atoms with Crippen molar-refractivity contribution in [1.29, 1.82) is 0 Å². The molecule has 0 saturated carbocycles. The fourth-order valence-electron chi connectivity index (χ4n) is 2.27. The number of aromatic amines is 1. The molecule has 4 aromatic rings. The third-order valence-electron chi connectivity index (χ3n) is 3.20. The molecule has 1 N–H and O–H groups in total. The number of fused-ring (bicyclic) bond motifs is 1. The molecule has 0 spiro atoms. The second-order valence-corrected chi connectivity index (χ2v) is 4.42. The topological polar surface area (TPSA) is 59.4 Å². The van der Waals surface area contributed by atoms with Gasteiger partial charge in [-0.1, -0.05) is 12.1 Å². The van der Waals surface area contributed by atoms with E-state index in [0.717, 1.165) is 28.1 Å². The molecule has 3 heterocycles. The van der Waals surface area contributed by atoms with Gasteiger partial charge in [-0.25, -0.2) is 4.98 Å². The first-order valence-corrected chi connectivity index (χ1v) is 6.22. The lowest BCUT2D eigenvalue weighted by Gasteiger charge is -2.06. The first kappa shape index (κ1) is 10.9. The number of aromatic nitrogens is 5. The van der Waals surface area contributed by atoms with Gasteiger partial charge in [-0.3, -0.25) is 0 Å². The van der Waals surface area contributed by atoms with E-state index in [1.54, 1.807) is 12.5 Å². The van der Waals surface area contributed by atoms with Crippen molar-refractivity contribution in [2.75, 3.05) is 0 Å². The van der Waals surface area contributed by atoms with Gasteiger partial charge in [-0.2, -0.15) is 0 Å². The molecule has 20 heavy (non-hydrogen) atoms. The summed E-state index contributed by atoms with van der Waals surface area (Å²) in [7, 11) is 0. The van der Waals surface area contributed by atoms with E-state index in [0.29, 0.717) is 0 Å². The van der Waals surface area contributed by atoms with Crippen LogP contribution in [-0.4, -0.2) is 24.7 Å². The van der Waals surface area contributed by atoms with Crippen LogP contribution in [0, 0.1) is 6.07 Å². The Morgan fingerprint density at radius 2 is 2.20 bits per heavy atom. The number of hydrogen-bond donors (Lipinski definition) is 1. The maximum absolute atomic E-state index is 4.38. The van der Waals surface area contributed by atoms with E-state index in [-0.39, 0.29) is 0 Å². The van der Waals surface area contributed by atoms with Crippen LogP contribution in [0.1, 0.15) is 0 Å². The van der Waals surface area contributed by atoms with Gasteiger partial charge in [-0.15, -0.1) is 10.2 Å². The zero-order chi connectivity index (χ0) is 13.4. The molecule has 95 valence electrons. The SMILES string of the molecule is [c]1cnc2c(c1)ccn2-c1cccc(-c2nnc[nH]2)c1. The Balaban J connectivity index is 1.88. The number of pyridine rings is 1. The minimum absolute atomic E-state index is 0.754. The van der Waals surface area contributed by atoms with E-state index >= 15 is 0 Å². The van der Waals surface area contributed by atoms with Crippen LogP contribution >= 0.6 is 0 Å². The molecule has 0 aliphatic heterocycles. The fourth-order valence-corrected chi connectivity index (χ4v) is 2.27. The Kier molecular flexibility index (Phi) is 2.35. The Morgan fingerprint density at radius 1 is 1.20 bits per heavy atom. The Hall–Kier alpha value is -2.95. The zero-order valence-corrected chi connectivity index (χ0v) is 10.5. The van der Waals surface area contributed by atoms with Gasteiger partial charge in [0.1, 0.15) is 12.0 Å². The summed E-state index contributed by atoms with van der Waals surface area (Å²) in [5, 5.41) is 8.92. The lowest BCUT2D eigenvalue weighted by molar-refractivity contribution is 1.08. The second kappa shape index (κ2) is 4.31. The molecule has 0 aliphatic carbocycles. The molecule has 0 unspecified atom stereocenters. The summed E-state index contributed by atoms with van der Waals surface area (Å²) in [5.41, 5.74) is 2.94. The van der Waals surface area contributed by atoms with Crippen LogP contribution in [0.25, 0.3) is 28.1 Å². The highest BCUT2D eigenvalue weighted by atomic mass is 15.2. The van der Waals surface area contributed by atoms with Crippen molar-refractivity contribution in [3.8, 4) is 17.1 Å². The van der Waals surface area contributed by atoms with Gasteiger partial charge in [-0.05, 0) is 24.3 Å². The molecule has 0 fully saturated rings. The Morgan fingerprint density at radius 3 is 3.10 bits per heavy atom.